The monoisotopic (exact) mass is 226 g/mol. The van der Waals surface area contributed by atoms with Gasteiger partial charge < -0.3 is 4.98 Å². The molecule has 0 spiro atoms. The van der Waals surface area contributed by atoms with Crippen molar-refractivity contribution in [1.82, 2.24) is 4.98 Å². The van der Waals surface area contributed by atoms with Gasteiger partial charge in [0.15, 0.2) is 5.78 Å². The van der Waals surface area contributed by atoms with E-state index < -0.39 is 5.41 Å². The number of nitriles is 1. The highest BCUT2D eigenvalue weighted by Crippen LogP contribution is 2.27. The first-order valence-electron chi connectivity index (χ1n) is 5.49. The quantitative estimate of drug-likeness (QED) is 0.759. The lowest BCUT2D eigenvalue weighted by molar-refractivity contribution is 0.0860. The minimum atomic E-state index is -0.400. The summed E-state index contributed by atoms with van der Waals surface area (Å²) in [5.41, 5.74) is 1.71. The Balaban J connectivity index is 2.59. The summed E-state index contributed by atoms with van der Waals surface area (Å²) in [6.07, 6.45) is 1.72. The predicted octanol–water partition coefficient (Wildman–Crippen LogP) is 3.27. The van der Waals surface area contributed by atoms with Crippen LogP contribution in [0.15, 0.2) is 24.4 Å². The summed E-state index contributed by atoms with van der Waals surface area (Å²) in [5, 5.41) is 9.69. The van der Waals surface area contributed by atoms with Crippen LogP contribution in [-0.2, 0) is 0 Å². The van der Waals surface area contributed by atoms with Crippen LogP contribution in [-0.4, -0.2) is 10.8 Å². The highest BCUT2D eigenvalue weighted by atomic mass is 16.1. The maximum absolute atomic E-state index is 12.2. The maximum Gasteiger partial charge on any atom is 0.170 e. The number of aromatic nitrogens is 1. The van der Waals surface area contributed by atoms with Crippen LogP contribution < -0.4 is 0 Å². The molecule has 1 aromatic carbocycles. The molecule has 0 atom stereocenters. The van der Waals surface area contributed by atoms with Crippen molar-refractivity contribution >= 4 is 16.7 Å². The van der Waals surface area contributed by atoms with Crippen molar-refractivity contribution in [2.45, 2.75) is 20.8 Å². The van der Waals surface area contributed by atoms with E-state index in [-0.39, 0.29) is 5.78 Å². The van der Waals surface area contributed by atoms with Crippen LogP contribution in [0.2, 0.25) is 0 Å². The van der Waals surface area contributed by atoms with Gasteiger partial charge in [0.2, 0.25) is 0 Å². The number of aromatic amines is 1. The molecular formula is C14H14N2O. The van der Waals surface area contributed by atoms with E-state index in [2.05, 4.69) is 11.1 Å². The molecule has 1 heterocycles. The molecule has 0 unspecified atom stereocenters. The summed E-state index contributed by atoms with van der Waals surface area (Å²) < 4.78 is 0. The SMILES string of the molecule is CC(C)(C)C(=O)c1c[nH]c2cc(C#N)ccc12. The molecule has 3 nitrogen and oxygen atoms in total. The predicted molar refractivity (Wildman–Crippen MR) is 66.8 cm³/mol. The van der Waals surface area contributed by atoms with E-state index in [0.717, 1.165) is 10.9 Å². The van der Waals surface area contributed by atoms with E-state index in [9.17, 15) is 4.79 Å². The second-order valence-corrected chi connectivity index (χ2v) is 5.15. The first kappa shape index (κ1) is 11.4. The molecule has 0 fully saturated rings. The van der Waals surface area contributed by atoms with E-state index in [1.807, 2.05) is 26.8 Å². The lowest BCUT2D eigenvalue weighted by Crippen LogP contribution is -2.19. The van der Waals surface area contributed by atoms with Gasteiger partial charge in [-0.1, -0.05) is 26.8 Å². The Morgan fingerprint density at radius 3 is 2.65 bits per heavy atom. The van der Waals surface area contributed by atoms with Gasteiger partial charge in [0.05, 0.1) is 11.6 Å². The lowest BCUT2D eigenvalue weighted by atomic mass is 9.86. The zero-order chi connectivity index (χ0) is 12.6. The first-order valence-corrected chi connectivity index (χ1v) is 5.49. The molecule has 1 N–H and O–H groups in total. The van der Waals surface area contributed by atoms with Gasteiger partial charge >= 0.3 is 0 Å². The van der Waals surface area contributed by atoms with E-state index in [1.54, 1.807) is 18.3 Å². The van der Waals surface area contributed by atoms with Crippen LogP contribution in [0.5, 0.6) is 0 Å². The number of rotatable bonds is 1. The Labute approximate surface area is 100 Å². The van der Waals surface area contributed by atoms with E-state index >= 15 is 0 Å². The average molecular weight is 226 g/mol. The van der Waals surface area contributed by atoms with Gasteiger partial charge in [-0.25, -0.2) is 0 Å². The van der Waals surface area contributed by atoms with Crippen LogP contribution >= 0.6 is 0 Å². The number of nitrogens with zero attached hydrogens (tertiary/aromatic N) is 1. The molecule has 0 radical (unpaired) electrons. The highest BCUT2D eigenvalue weighted by molar-refractivity contribution is 6.10. The van der Waals surface area contributed by atoms with Gasteiger partial charge in [0.25, 0.3) is 0 Å². The highest BCUT2D eigenvalue weighted by Gasteiger charge is 2.25. The van der Waals surface area contributed by atoms with E-state index in [0.29, 0.717) is 11.1 Å². The number of nitrogens with one attached hydrogen (secondary N) is 1. The number of carbonyl (C=O) groups excluding carboxylic acids is 1. The van der Waals surface area contributed by atoms with Crippen molar-refractivity contribution in [2.24, 2.45) is 5.41 Å². The number of ketones is 1. The third-order valence-electron chi connectivity index (χ3n) is 2.74. The zero-order valence-electron chi connectivity index (χ0n) is 10.2. The number of Topliss-reactive ketones (excluding diaryl/α,β-unsaturated/α-hetero) is 1. The second-order valence-electron chi connectivity index (χ2n) is 5.15. The molecule has 2 rings (SSSR count). The fourth-order valence-corrected chi connectivity index (χ4v) is 1.79. The van der Waals surface area contributed by atoms with Crippen LogP contribution in [0.25, 0.3) is 10.9 Å². The number of carbonyl (C=O) groups is 1. The standard InChI is InChI=1S/C14H14N2O/c1-14(2,3)13(17)11-8-16-12-6-9(7-15)4-5-10(11)12/h4-6,8,16H,1-3H3. The molecule has 86 valence electrons. The minimum absolute atomic E-state index is 0.105. The molecule has 1 aromatic heterocycles. The Bertz CT molecular complexity index is 624. The molecule has 3 heteroatoms. The summed E-state index contributed by atoms with van der Waals surface area (Å²) in [6, 6.07) is 7.40. The third kappa shape index (κ3) is 1.94. The van der Waals surface area contributed by atoms with Crippen LogP contribution in [0, 0.1) is 16.7 Å². The molecule has 0 aliphatic heterocycles. The second kappa shape index (κ2) is 3.74. The molecule has 0 aliphatic carbocycles. The van der Waals surface area contributed by atoms with Crippen LogP contribution in [0.4, 0.5) is 0 Å². The van der Waals surface area contributed by atoms with Crippen LogP contribution in [0.3, 0.4) is 0 Å². The lowest BCUT2D eigenvalue weighted by Gasteiger charge is -2.15. The molecule has 0 aliphatic rings. The van der Waals surface area contributed by atoms with E-state index in [4.69, 9.17) is 5.26 Å². The van der Waals surface area contributed by atoms with Gasteiger partial charge in [0, 0.05) is 28.1 Å². The summed E-state index contributed by atoms with van der Waals surface area (Å²) in [5.74, 6) is 0.105. The van der Waals surface area contributed by atoms with Crippen molar-refractivity contribution in [3.63, 3.8) is 0 Å². The van der Waals surface area contributed by atoms with Gasteiger partial charge in [-0.2, -0.15) is 5.26 Å². The Hall–Kier alpha value is -2.08. The molecule has 0 saturated carbocycles. The number of hydrogen-bond acceptors (Lipinski definition) is 2. The van der Waals surface area contributed by atoms with Gasteiger partial charge in [-0.3, -0.25) is 4.79 Å². The summed E-state index contributed by atoms with van der Waals surface area (Å²) >= 11 is 0. The molecule has 0 saturated heterocycles. The molecule has 0 bridgehead atoms. The van der Waals surface area contributed by atoms with Gasteiger partial charge in [-0.15, -0.1) is 0 Å². The van der Waals surface area contributed by atoms with Crippen molar-refractivity contribution in [3.8, 4) is 6.07 Å². The smallest absolute Gasteiger partial charge is 0.170 e. The normalized spacial score (nSPS) is 11.4. The Kier molecular flexibility index (Phi) is 2.51. The zero-order valence-corrected chi connectivity index (χ0v) is 10.2. The minimum Gasteiger partial charge on any atom is -0.360 e. The molecular weight excluding hydrogens is 212 g/mol. The first-order chi connectivity index (χ1) is 7.93. The Morgan fingerprint density at radius 2 is 2.06 bits per heavy atom. The molecule has 0 amide bonds. The fourth-order valence-electron chi connectivity index (χ4n) is 1.79. The summed E-state index contributed by atoms with van der Waals surface area (Å²) in [7, 11) is 0. The Morgan fingerprint density at radius 1 is 1.35 bits per heavy atom. The third-order valence-corrected chi connectivity index (χ3v) is 2.74. The van der Waals surface area contributed by atoms with Crippen molar-refractivity contribution in [3.05, 3.63) is 35.5 Å². The van der Waals surface area contributed by atoms with Crippen LogP contribution in [0.1, 0.15) is 36.7 Å². The van der Waals surface area contributed by atoms with Gasteiger partial charge in [0.1, 0.15) is 0 Å². The number of benzene rings is 1. The summed E-state index contributed by atoms with van der Waals surface area (Å²) in [6.45, 7) is 5.70. The van der Waals surface area contributed by atoms with Gasteiger partial charge in [-0.05, 0) is 12.1 Å². The van der Waals surface area contributed by atoms with Crippen molar-refractivity contribution in [2.75, 3.05) is 0 Å². The topological polar surface area (TPSA) is 56.6 Å². The fraction of sp³-hybridized carbons (Fsp3) is 0.286. The summed E-state index contributed by atoms with van der Waals surface area (Å²) in [4.78, 5) is 15.3. The number of hydrogen-bond donors (Lipinski definition) is 1. The van der Waals surface area contributed by atoms with E-state index in [1.165, 1.54) is 0 Å². The molecule has 17 heavy (non-hydrogen) atoms. The van der Waals surface area contributed by atoms with Crippen molar-refractivity contribution in [1.29, 1.82) is 5.26 Å². The number of fused-ring (bicyclic) bond motifs is 1. The largest absolute Gasteiger partial charge is 0.360 e. The number of H-pyrrole nitrogens is 1. The molecule has 2 aromatic rings. The van der Waals surface area contributed by atoms with Crippen molar-refractivity contribution < 1.29 is 4.79 Å². The average Bonchev–Trinajstić information content (AvgIpc) is 2.69. The maximum atomic E-state index is 12.2.